The van der Waals surface area contributed by atoms with Gasteiger partial charge in [-0.1, -0.05) is 13.8 Å². The first-order valence-corrected chi connectivity index (χ1v) is 5.17. The molecule has 3 heteroatoms. The number of aromatic hydroxyl groups is 1. The van der Waals surface area contributed by atoms with Crippen molar-refractivity contribution in [2.24, 2.45) is 5.73 Å². The number of H-pyrrole nitrogens is 1. The predicted octanol–water partition coefficient (Wildman–Crippen LogP) is 2.46. The largest absolute Gasteiger partial charge is 0.508 e. The number of benzene rings is 1. The van der Waals surface area contributed by atoms with Crippen molar-refractivity contribution in [3.8, 4) is 5.75 Å². The van der Waals surface area contributed by atoms with Crippen LogP contribution in [0.15, 0.2) is 18.2 Å². The summed E-state index contributed by atoms with van der Waals surface area (Å²) in [5, 5.41) is 10.5. The summed E-state index contributed by atoms with van der Waals surface area (Å²) in [5.41, 5.74) is 9.06. The molecule has 15 heavy (non-hydrogen) atoms. The molecule has 0 atom stereocenters. The van der Waals surface area contributed by atoms with E-state index in [4.69, 9.17) is 5.73 Å². The zero-order valence-electron chi connectivity index (χ0n) is 9.04. The Morgan fingerprint density at radius 1 is 1.40 bits per heavy atom. The molecule has 4 N–H and O–H groups in total. The summed E-state index contributed by atoms with van der Waals surface area (Å²) >= 11 is 0. The molecule has 0 amide bonds. The van der Waals surface area contributed by atoms with Crippen LogP contribution in [0.2, 0.25) is 0 Å². The molecule has 0 aliphatic heterocycles. The monoisotopic (exact) mass is 204 g/mol. The predicted molar refractivity (Wildman–Crippen MR) is 61.9 cm³/mol. The zero-order chi connectivity index (χ0) is 11.0. The van der Waals surface area contributed by atoms with E-state index in [2.05, 4.69) is 18.8 Å². The van der Waals surface area contributed by atoms with E-state index in [9.17, 15) is 5.11 Å². The van der Waals surface area contributed by atoms with Crippen LogP contribution in [0.25, 0.3) is 10.9 Å². The van der Waals surface area contributed by atoms with Gasteiger partial charge in [-0.15, -0.1) is 0 Å². The number of aromatic nitrogens is 1. The number of rotatable bonds is 2. The number of aromatic amines is 1. The lowest BCUT2D eigenvalue weighted by Gasteiger charge is -2.04. The van der Waals surface area contributed by atoms with Gasteiger partial charge in [-0.25, -0.2) is 0 Å². The third kappa shape index (κ3) is 1.59. The number of phenols is 1. The zero-order valence-corrected chi connectivity index (χ0v) is 9.04. The summed E-state index contributed by atoms with van der Waals surface area (Å²) in [7, 11) is 0. The quantitative estimate of drug-likeness (QED) is 0.703. The van der Waals surface area contributed by atoms with Crippen molar-refractivity contribution >= 4 is 10.9 Å². The Morgan fingerprint density at radius 2 is 2.13 bits per heavy atom. The van der Waals surface area contributed by atoms with Crippen LogP contribution in [0.3, 0.4) is 0 Å². The Morgan fingerprint density at radius 3 is 2.73 bits per heavy atom. The van der Waals surface area contributed by atoms with Gasteiger partial charge in [0.05, 0.1) is 0 Å². The van der Waals surface area contributed by atoms with Gasteiger partial charge in [0.25, 0.3) is 0 Å². The minimum absolute atomic E-state index is 0.284. The molecule has 1 aromatic heterocycles. The average molecular weight is 204 g/mol. The van der Waals surface area contributed by atoms with Crippen molar-refractivity contribution in [3.63, 3.8) is 0 Å². The fraction of sp³-hybridized carbons (Fsp3) is 0.333. The summed E-state index contributed by atoms with van der Waals surface area (Å²) in [6.45, 7) is 4.75. The van der Waals surface area contributed by atoms with Crippen LogP contribution in [0, 0.1) is 0 Å². The maximum absolute atomic E-state index is 9.44. The van der Waals surface area contributed by atoms with E-state index in [0.29, 0.717) is 12.5 Å². The molecule has 0 aliphatic carbocycles. The van der Waals surface area contributed by atoms with E-state index in [1.165, 1.54) is 0 Å². The highest BCUT2D eigenvalue weighted by atomic mass is 16.3. The second-order valence-electron chi connectivity index (χ2n) is 4.11. The van der Waals surface area contributed by atoms with Crippen LogP contribution in [-0.2, 0) is 6.54 Å². The van der Waals surface area contributed by atoms with Crippen molar-refractivity contribution in [2.75, 3.05) is 0 Å². The van der Waals surface area contributed by atoms with Gasteiger partial charge in [-0.3, -0.25) is 0 Å². The second kappa shape index (κ2) is 3.59. The number of hydrogen-bond donors (Lipinski definition) is 3. The number of nitrogens with two attached hydrogens (primary N) is 1. The standard InChI is InChI=1S/C12H16N2O/c1-7(2)12-10(6-13)9-5-8(15)3-4-11(9)14-12/h3-5,7,14-15H,6,13H2,1-2H3. The maximum Gasteiger partial charge on any atom is 0.116 e. The Labute approximate surface area is 88.9 Å². The lowest BCUT2D eigenvalue weighted by molar-refractivity contribution is 0.476. The van der Waals surface area contributed by atoms with Crippen LogP contribution >= 0.6 is 0 Å². The molecule has 2 rings (SSSR count). The minimum atomic E-state index is 0.284. The third-order valence-corrected chi connectivity index (χ3v) is 2.70. The van der Waals surface area contributed by atoms with Crippen LogP contribution in [0.5, 0.6) is 5.75 Å². The van der Waals surface area contributed by atoms with Gasteiger partial charge < -0.3 is 15.8 Å². The third-order valence-electron chi connectivity index (χ3n) is 2.70. The van der Waals surface area contributed by atoms with Gasteiger partial charge in [-0.05, 0) is 29.7 Å². The fourth-order valence-corrected chi connectivity index (χ4v) is 1.97. The van der Waals surface area contributed by atoms with E-state index in [1.807, 2.05) is 6.07 Å². The molecule has 0 spiro atoms. The first-order chi connectivity index (χ1) is 7.13. The molecule has 0 radical (unpaired) electrons. The minimum Gasteiger partial charge on any atom is -0.508 e. The Kier molecular flexibility index (Phi) is 2.40. The molecule has 0 saturated heterocycles. The highest BCUT2D eigenvalue weighted by molar-refractivity contribution is 5.86. The summed E-state index contributed by atoms with van der Waals surface area (Å²) < 4.78 is 0. The van der Waals surface area contributed by atoms with Gasteiger partial charge in [0.15, 0.2) is 0 Å². The molecule has 0 aliphatic rings. The molecule has 3 nitrogen and oxygen atoms in total. The molecule has 0 bridgehead atoms. The van der Waals surface area contributed by atoms with E-state index in [-0.39, 0.29) is 5.75 Å². The second-order valence-corrected chi connectivity index (χ2v) is 4.11. The van der Waals surface area contributed by atoms with E-state index in [1.54, 1.807) is 12.1 Å². The van der Waals surface area contributed by atoms with Crippen molar-refractivity contribution in [2.45, 2.75) is 26.3 Å². The maximum atomic E-state index is 9.44. The lowest BCUT2D eigenvalue weighted by atomic mass is 10.0. The van der Waals surface area contributed by atoms with Gasteiger partial charge >= 0.3 is 0 Å². The van der Waals surface area contributed by atoms with Crippen molar-refractivity contribution < 1.29 is 5.11 Å². The molecule has 0 saturated carbocycles. The summed E-state index contributed by atoms with van der Waals surface area (Å²) in [4.78, 5) is 3.35. The summed E-state index contributed by atoms with van der Waals surface area (Å²) in [5.74, 6) is 0.699. The molecule has 2 aromatic rings. The molecule has 1 heterocycles. The van der Waals surface area contributed by atoms with E-state index in [0.717, 1.165) is 22.2 Å². The highest BCUT2D eigenvalue weighted by Gasteiger charge is 2.12. The number of nitrogens with one attached hydrogen (secondary N) is 1. The first-order valence-electron chi connectivity index (χ1n) is 5.17. The normalized spacial score (nSPS) is 11.5. The molecule has 1 aromatic carbocycles. The van der Waals surface area contributed by atoms with Crippen LogP contribution in [0.1, 0.15) is 31.0 Å². The highest BCUT2D eigenvalue weighted by Crippen LogP contribution is 2.29. The van der Waals surface area contributed by atoms with Crippen LogP contribution in [0.4, 0.5) is 0 Å². The van der Waals surface area contributed by atoms with Gasteiger partial charge in [-0.2, -0.15) is 0 Å². The number of hydrogen-bond acceptors (Lipinski definition) is 2. The fourth-order valence-electron chi connectivity index (χ4n) is 1.97. The van der Waals surface area contributed by atoms with E-state index >= 15 is 0 Å². The SMILES string of the molecule is CC(C)c1[nH]c2ccc(O)cc2c1CN. The number of phenolic OH excluding ortho intramolecular Hbond substituents is 1. The molecule has 0 fully saturated rings. The van der Waals surface area contributed by atoms with Crippen LogP contribution in [-0.4, -0.2) is 10.1 Å². The Hall–Kier alpha value is -1.48. The Balaban J connectivity index is 2.74. The Bertz CT molecular complexity index is 486. The molecule has 80 valence electrons. The van der Waals surface area contributed by atoms with Gasteiger partial charge in [0, 0.05) is 23.1 Å². The lowest BCUT2D eigenvalue weighted by Crippen LogP contribution is -2.01. The topological polar surface area (TPSA) is 62.0 Å². The molecule has 0 unspecified atom stereocenters. The van der Waals surface area contributed by atoms with E-state index < -0.39 is 0 Å². The smallest absolute Gasteiger partial charge is 0.116 e. The molecular weight excluding hydrogens is 188 g/mol. The molecular formula is C12H16N2O. The summed E-state index contributed by atoms with van der Waals surface area (Å²) in [6.07, 6.45) is 0. The number of fused-ring (bicyclic) bond motifs is 1. The summed E-state index contributed by atoms with van der Waals surface area (Å²) in [6, 6.07) is 5.33. The average Bonchev–Trinajstić information content (AvgIpc) is 2.55. The first kappa shape index (κ1) is 10.1. The van der Waals surface area contributed by atoms with Crippen LogP contribution < -0.4 is 5.73 Å². The van der Waals surface area contributed by atoms with Crippen molar-refractivity contribution in [1.29, 1.82) is 0 Å². The van der Waals surface area contributed by atoms with Gasteiger partial charge in [0.2, 0.25) is 0 Å². The van der Waals surface area contributed by atoms with Crippen molar-refractivity contribution in [1.82, 2.24) is 4.98 Å². The van der Waals surface area contributed by atoms with Gasteiger partial charge in [0.1, 0.15) is 5.75 Å². The van der Waals surface area contributed by atoms with Crippen molar-refractivity contribution in [3.05, 3.63) is 29.5 Å².